The van der Waals surface area contributed by atoms with Gasteiger partial charge in [0, 0.05) is 26.2 Å². The maximum Gasteiger partial charge on any atom is 0.193 e. The lowest BCUT2D eigenvalue weighted by atomic mass is 10.1. The Balaban J connectivity index is 0.00000288. The molecule has 0 aliphatic carbocycles. The molecule has 0 saturated carbocycles. The summed E-state index contributed by atoms with van der Waals surface area (Å²) >= 11 is 0. The first-order chi connectivity index (χ1) is 11.3. The number of piperidine rings is 2. The Hall–Kier alpha value is -0.0800. The van der Waals surface area contributed by atoms with Crippen LogP contribution in [-0.2, 0) is 0 Å². The molecule has 0 aromatic heterocycles. The number of hydrogen-bond acceptors (Lipinski definition) is 3. The lowest BCUT2D eigenvalue weighted by Gasteiger charge is -2.32. The average molecular weight is 452 g/mol. The molecular formula is C18H37IN4O. The minimum Gasteiger partial charge on any atom is -0.393 e. The second-order valence-electron chi connectivity index (χ2n) is 6.92. The second-order valence-corrected chi connectivity index (χ2v) is 6.92. The van der Waals surface area contributed by atoms with E-state index in [0.717, 1.165) is 45.0 Å². The molecule has 142 valence electrons. The van der Waals surface area contributed by atoms with Crippen LogP contribution < -0.4 is 5.32 Å². The van der Waals surface area contributed by atoms with Crippen molar-refractivity contribution in [2.24, 2.45) is 4.99 Å². The summed E-state index contributed by atoms with van der Waals surface area (Å²) in [4.78, 5) is 9.70. The smallest absolute Gasteiger partial charge is 0.193 e. The molecular weight excluding hydrogens is 415 g/mol. The van der Waals surface area contributed by atoms with E-state index >= 15 is 0 Å². The number of aliphatic imine (C=N–C) groups is 1. The van der Waals surface area contributed by atoms with E-state index < -0.39 is 0 Å². The van der Waals surface area contributed by atoms with Crippen LogP contribution >= 0.6 is 24.0 Å². The van der Waals surface area contributed by atoms with Crippen LogP contribution in [0.3, 0.4) is 0 Å². The van der Waals surface area contributed by atoms with E-state index in [1.807, 2.05) is 0 Å². The highest BCUT2D eigenvalue weighted by Gasteiger charge is 2.19. The number of guanidine groups is 1. The molecule has 2 aliphatic heterocycles. The van der Waals surface area contributed by atoms with Crippen LogP contribution in [-0.4, -0.2) is 72.8 Å². The fourth-order valence-corrected chi connectivity index (χ4v) is 3.50. The highest BCUT2D eigenvalue weighted by molar-refractivity contribution is 14.0. The monoisotopic (exact) mass is 452 g/mol. The molecule has 24 heavy (non-hydrogen) atoms. The molecule has 0 amide bonds. The van der Waals surface area contributed by atoms with Gasteiger partial charge in [0.1, 0.15) is 0 Å². The third-order valence-electron chi connectivity index (χ3n) is 4.94. The van der Waals surface area contributed by atoms with Crippen molar-refractivity contribution < 1.29 is 5.11 Å². The highest BCUT2D eigenvalue weighted by atomic mass is 127. The molecule has 0 bridgehead atoms. The maximum absolute atomic E-state index is 9.63. The average Bonchev–Trinajstić information content (AvgIpc) is 2.59. The molecule has 2 fully saturated rings. The van der Waals surface area contributed by atoms with Gasteiger partial charge in [-0.3, -0.25) is 4.99 Å². The third-order valence-corrected chi connectivity index (χ3v) is 4.94. The Morgan fingerprint density at radius 3 is 2.42 bits per heavy atom. The SMILES string of the molecule is CCNC(=NCCCCCN1CCCCC1)N1CCC(O)CC1.I. The summed E-state index contributed by atoms with van der Waals surface area (Å²) in [6.07, 6.45) is 9.57. The van der Waals surface area contributed by atoms with Gasteiger partial charge in [0.15, 0.2) is 5.96 Å². The largest absolute Gasteiger partial charge is 0.393 e. The predicted octanol–water partition coefficient (Wildman–Crippen LogP) is 2.68. The number of unbranched alkanes of at least 4 members (excludes halogenated alkanes) is 2. The van der Waals surface area contributed by atoms with Gasteiger partial charge in [-0.1, -0.05) is 12.8 Å². The van der Waals surface area contributed by atoms with Crippen molar-refractivity contribution >= 4 is 29.9 Å². The minimum absolute atomic E-state index is 0. The molecule has 2 heterocycles. The van der Waals surface area contributed by atoms with Crippen molar-refractivity contribution in [2.75, 3.05) is 45.8 Å². The summed E-state index contributed by atoms with van der Waals surface area (Å²) in [5, 5.41) is 13.0. The highest BCUT2D eigenvalue weighted by Crippen LogP contribution is 2.11. The minimum atomic E-state index is -0.121. The molecule has 2 rings (SSSR count). The van der Waals surface area contributed by atoms with Crippen molar-refractivity contribution in [1.29, 1.82) is 0 Å². The normalized spacial score (nSPS) is 20.8. The van der Waals surface area contributed by atoms with Crippen molar-refractivity contribution in [2.45, 2.75) is 64.4 Å². The van der Waals surface area contributed by atoms with E-state index in [9.17, 15) is 5.11 Å². The Labute approximate surface area is 165 Å². The van der Waals surface area contributed by atoms with Crippen LogP contribution in [0.15, 0.2) is 4.99 Å². The predicted molar refractivity (Wildman–Crippen MR) is 112 cm³/mol. The topological polar surface area (TPSA) is 51.1 Å². The van der Waals surface area contributed by atoms with Gasteiger partial charge < -0.3 is 20.2 Å². The van der Waals surface area contributed by atoms with Gasteiger partial charge in [0.2, 0.25) is 0 Å². The van der Waals surface area contributed by atoms with Crippen LogP contribution in [0.2, 0.25) is 0 Å². The Morgan fingerprint density at radius 1 is 1.04 bits per heavy atom. The second kappa shape index (κ2) is 13.2. The van der Waals surface area contributed by atoms with Crippen LogP contribution in [0.5, 0.6) is 0 Å². The molecule has 5 nitrogen and oxygen atoms in total. The van der Waals surface area contributed by atoms with Crippen molar-refractivity contribution in [3.63, 3.8) is 0 Å². The molecule has 2 N–H and O–H groups in total. The molecule has 0 aromatic carbocycles. The van der Waals surface area contributed by atoms with Gasteiger partial charge in [-0.2, -0.15) is 0 Å². The van der Waals surface area contributed by atoms with Gasteiger partial charge in [-0.05, 0) is 65.1 Å². The molecule has 0 aromatic rings. The lowest BCUT2D eigenvalue weighted by Crippen LogP contribution is -2.46. The fraction of sp³-hybridized carbons (Fsp3) is 0.944. The quantitative estimate of drug-likeness (QED) is 0.270. The summed E-state index contributed by atoms with van der Waals surface area (Å²) in [5.74, 6) is 1.04. The van der Waals surface area contributed by atoms with Gasteiger partial charge in [-0.15, -0.1) is 24.0 Å². The zero-order chi connectivity index (χ0) is 16.3. The summed E-state index contributed by atoms with van der Waals surface area (Å²) in [6.45, 7) is 9.67. The van der Waals surface area contributed by atoms with Gasteiger partial charge in [0.25, 0.3) is 0 Å². The fourth-order valence-electron chi connectivity index (χ4n) is 3.50. The zero-order valence-electron chi connectivity index (χ0n) is 15.4. The molecule has 0 unspecified atom stereocenters. The zero-order valence-corrected chi connectivity index (χ0v) is 17.7. The molecule has 2 aliphatic rings. The number of aliphatic hydroxyl groups is 1. The third kappa shape index (κ3) is 8.34. The number of aliphatic hydroxyl groups excluding tert-OH is 1. The lowest BCUT2D eigenvalue weighted by molar-refractivity contribution is 0.108. The van der Waals surface area contributed by atoms with E-state index in [0.29, 0.717) is 0 Å². The first-order valence-corrected chi connectivity index (χ1v) is 9.73. The number of nitrogens with one attached hydrogen (secondary N) is 1. The molecule has 6 heteroatoms. The molecule has 2 saturated heterocycles. The van der Waals surface area contributed by atoms with Crippen molar-refractivity contribution in [1.82, 2.24) is 15.1 Å². The van der Waals surface area contributed by atoms with Crippen molar-refractivity contribution in [3.8, 4) is 0 Å². The maximum atomic E-state index is 9.63. The van der Waals surface area contributed by atoms with Gasteiger partial charge in [0.05, 0.1) is 6.10 Å². The van der Waals surface area contributed by atoms with Crippen LogP contribution in [0, 0.1) is 0 Å². The van der Waals surface area contributed by atoms with Crippen LogP contribution in [0.4, 0.5) is 0 Å². The van der Waals surface area contributed by atoms with E-state index in [4.69, 9.17) is 4.99 Å². The number of hydrogen-bond donors (Lipinski definition) is 2. The van der Waals surface area contributed by atoms with E-state index in [1.54, 1.807) is 0 Å². The van der Waals surface area contributed by atoms with Gasteiger partial charge in [-0.25, -0.2) is 0 Å². The summed E-state index contributed by atoms with van der Waals surface area (Å²) in [6, 6.07) is 0. The van der Waals surface area contributed by atoms with Crippen LogP contribution in [0.1, 0.15) is 58.3 Å². The van der Waals surface area contributed by atoms with Crippen LogP contribution in [0.25, 0.3) is 0 Å². The summed E-state index contributed by atoms with van der Waals surface area (Å²) in [7, 11) is 0. The van der Waals surface area contributed by atoms with E-state index in [-0.39, 0.29) is 30.1 Å². The van der Waals surface area contributed by atoms with Gasteiger partial charge >= 0.3 is 0 Å². The molecule has 0 atom stereocenters. The molecule has 0 spiro atoms. The number of nitrogens with zero attached hydrogens (tertiary/aromatic N) is 3. The summed E-state index contributed by atoms with van der Waals surface area (Å²) < 4.78 is 0. The van der Waals surface area contributed by atoms with E-state index in [2.05, 4.69) is 22.0 Å². The Morgan fingerprint density at radius 2 is 1.75 bits per heavy atom. The van der Waals surface area contributed by atoms with Crippen molar-refractivity contribution in [3.05, 3.63) is 0 Å². The Kier molecular flexibility index (Phi) is 12.0. The Bertz CT molecular complexity index is 340. The standard InChI is InChI=1S/C18H36N4O.HI/c1-2-19-18(22-15-9-17(23)10-16-22)20-11-5-3-6-12-21-13-7-4-8-14-21;/h17,23H,2-16H2,1H3,(H,19,20);1H. The number of rotatable bonds is 7. The first kappa shape index (κ1) is 22.0. The van der Waals surface area contributed by atoms with E-state index in [1.165, 1.54) is 58.2 Å². The first-order valence-electron chi connectivity index (χ1n) is 9.73. The number of halogens is 1. The summed E-state index contributed by atoms with van der Waals surface area (Å²) in [5.41, 5.74) is 0. The number of likely N-dealkylation sites (tertiary alicyclic amines) is 2. The molecule has 0 radical (unpaired) electrons.